The Bertz CT molecular complexity index is 1030. The van der Waals surface area contributed by atoms with Gasteiger partial charge in [-0.05, 0) is 61.8 Å². The molecule has 1 saturated heterocycles. The van der Waals surface area contributed by atoms with Crippen molar-refractivity contribution in [1.82, 2.24) is 5.32 Å². The van der Waals surface area contributed by atoms with Crippen molar-refractivity contribution in [2.45, 2.75) is 51.9 Å². The van der Waals surface area contributed by atoms with E-state index in [1.54, 1.807) is 0 Å². The van der Waals surface area contributed by atoms with E-state index in [0.717, 1.165) is 23.0 Å². The van der Waals surface area contributed by atoms with E-state index in [0.29, 0.717) is 0 Å². The van der Waals surface area contributed by atoms with Crippen LogP contribution in [0.2, 0.25) is 0 Å². The van der Waals surface area contributed by atoms with Crippen molar-refractivity contribution in [3.8, 4) is 0 Å². The Balaban J connectivity index is 1.51. The molecule has 166 valence electrons. The standard InChI is InChI=1S/C26H30BNO4/c1-25(2)26(3,4)32-27(31-25)22(16-21-14-8-12-20-13-9-15-23(20)21)17-28-24(29)30-18-19-10-6-5-7-11-19/h5-14,16H,15,17-18H2,1-4H3,(H,28,29). The minimum absolute atomic E-state index is 0.222. The lowest BCUT2D eigenvalue weighted by Crippen LogP contribution is -2.41. The Morgan fingerprint density at radius 3 is 2.50 bits per heavy atom. The highest BCUT2D eigenvalue weighted by molar-refractivity contribution is 6.56. The van der Waals surface area contributed by atoms with E-state index in [-0.39, 0.29) is 13.2 Å². The van der Waals surface area contributed by atoms with Crippen LogP contribution in [0.5, 0.6) is 0 Å². The second-order valence-corrected chi connectivity index (χ2v) is 9.24. The Hall–Kier alpha value is -2.83. The first kappa shape index (κ1) is 22.4. The fraction of sp³-hybridized carbons (Fsp3) is 0.346. The number of hydrogen-bond acceptors (Lipinski definition) is 4. The molecule has 1 aliphatic heterocycles. The van der Waals surface area contributed by atoms with Gasteiger partial charge in [-0.25, -0.2) is 4.79 Å². The number of benzene rings is 2. The second-order valence-electron chi connectivity index (χ2n) is 9.24. The first-order valence-electron chi connectivity index (χ1n) is 11.0. The molecule has 5 nitrogen and oxygen atoms in total. The predicted molar refractivity (Wildman–Crippen MR) is 128 cm³/mol. The molecule has 0 atom stereocenters. The van der Waals surface area contributed by atoms with Gasteiger partial charge in [0.1, 0.15) is 6.61 Å². The van der Waals surface area contributed by atoms with Gasteiger partial charge in [0, 0.05) is 6.54 Å². The minimum Gasteiger partial charge on any atom is -0.445 e. The van der Waals surface area contributed by atoms with Gasteiger partial charge in [0.15, 0.2) is 0 Å². The fourth-order valence-corrected chi connectivity index (χ4v) is 3.80. The number of fused-ring (bicyclic) bond motifs is 1. The van der Waals surface area contributed by atoms with Gasteiger partial charge in [0.2, 0.25) is 0 Å². The van der Waals surface area contributed by atoms with Gasteiger partial charge in [-0.2, -0.15) is 0 Å². The normalized spacial score (nSPS) is 18.5. The summed E-state index contributed by atoms with van der Waals surface area (Å²) in [6, 6.07) is 15.9. The maximum atomic E-state index is 12.4. The Morgan fingerprint density at radius 2 is 1.78 bits per heavy atom. The molecule has 2 aromatic carbocycles. The fourth-order valence-electron chi connectivity index (χ4n) is 3.80. The molecular formula is C26H30BNO4. The summed E-state index contributed by atoms with van der Waals surface area (Å²) < 4.78 is 17.9. The molecule has 2 aliphatic rings. The van der Waals surface area contributed by atoms with E-state index >= 15 is 0 Å². The Morgan fingerprint density at radius 1 is 1.06 bits per heavy atom. The maximum absolute atomic E-state index is 12.4. The first-order valence-corrected chi connectivity index (χ1v) is 11.0. The van der Waals surface area contributed by atoms with Crippen LogP contribution in [0.25, 0.3) is 12.2 Å². The Labute approximate surface area is 190 Å². The molecule has 0 bridgehead atoms. The van der Waals surface area contributed by atoms with Crippen LogP contribution in [-0.2, 0) is 27.1 Å². The highest BCUT2D eigenvalue weighted by atomic mass is 16.7. The molecule has 1 N–H and O–H groups in total. The Kier molecular flexibility index (Phi) is 6.27. The number of ether oxygens (including phenoxy) is 1. The number of rotatable bonds is 6. The van der Waals surface area contributed by atoms with Crippen LogP contribution >= 0.6 is 0 Å². The number of nitrogens with one attached hydrogen (secondary N) is 1. The summed E-state index contributed by atoms with van der Waals surface area (Å²) in [6.07, 6.45) is 6.79. The van der Waals surface area contributed by atoms with Crippen molar-refractivity contribution < 1.29 is 18.8 Å². The van der Waals surface area contributed by atoms with Gasteiger partial charge in [-0.15, -0.1) is 0 Å². The molecule has 1 amide bonds. The summed E-state index contributed by atoms with van der Waals surface area (Å²) in [5.74, 6) is 0. The number of carbonyl (C=O) groups is 1. The quantitative estimate of drug-likeness (QED) is 0.639. The molecular weight excluding hydrogens is 401 g/mol. The van der Waals surface area contributed by atoms with Gasteiger partial charge in [0.25, 0.3) is 0 Å². The molecule has 4 rings (SSSR count). The van der Waals surface area contributed by atoms with Gasteiger partial charge >= 0.3 is 13.2 Å². The highest BCUT2D eigenvalue weighted by Gasteiger charge is 2.52. The van der Waals surface area contributed by atoms with Gasteiger partial charge in [-0.1, -0.05) is 66.8 Å². The van der Waals surface area contributed by atoms with E-state index in [1.807, 2.05) is 64.1 Å². The van der Waals surface area contributed by atoms with E-state index in [4.69, 9.17) is 14.0 Å². The van der Waals surface area contributed by atoms with Crippen LogP contribution in [-0.4, -0.2) is 31.0 Å². The number of hydrogen-bond donors (Lipinski definition) is 1. The van der Waals surface area contributed by atoms with Crippen molar-refractivity contribution in [2.75, 3.05) is 6.54 Å². The number of amides is 1. The SMILES string of the molecule is CC1(C)OB(C(=Cc2cccc3c2CC=C3)CNC(=O)OCc2ccccc2)OC1(C)C. The third-order valence-corrected chi connectivity index (χ3v) is 6.41. The molecule has 0 spiro atoms. The molecule has 0 unspecified atom stereocenters. The summed E-state index contributed by atoms with van der Waals surface area (Å²) in [5, 5.41) is 2.87. The van der Waals surface area contributed by atoms with E-state index < -0.39 is 24.4 Å². The van der Waals surface area contributed by atoms with Crippen LogP contribution in [0.3, 0.4) is 0 Å². The first-order chi connectivity index (χ1) is 15.2. The molecule has 0 radical (unpaired) electrons. The molecule has 6 heteroatoms. The zero-order valence-corrected chi connectivity index (χ0v) is 19.2. The third-order valence-electron chi connectivity index (χ3n) is 6.41. The monoisotopic (exact) mass is 431 g/mol. The maximum Gasteiger partial charge on any atom is 0.492 e. The lowest BCUT2D eigenvalue weighted by Gasteiger charge is -2.32. The molecule has 1 heterocycles. The van der Waals surface area contributed by atoms with Crippen molar-refractivity contribution >= 4 is 25.4 Å². The molecule has 0 aromatic heterocycles. The zero-order chi connectivity index (χ0) is 22.8. The van der Waals surface area contributed by atoms with E-state index in [9.17, 15) is 4.79 Å². The summed E-state index contributed by atoms with van der Waals surface area (Å²) >= 11 is 0. The number of allylic oxidation sites excluding steroid dienone is 1. The number of carbonyl (C=O) groups excluding carboxylic acids is 1. The average molecular weight is 431 g/mol. The van der Waals surface area contributed by atoms with Crippen molar-refractivity contribution in [1.29, 1.82) is 0 Å². The lowest BCUT2D eigenvalue weighted by molar-refractivity contribution is 0.00578. The van der Waals surface area contributed by atoms with Crippen molar-refractivity contribution in [3.63, 3.8) is 0 Å². The van der Waals surface area contributed by atoms with Crippen LogP contribution in [0.4, 0.5) is 4.79 Å². The predicted octanol–water partition coefficient (Wildman–Crippen LogP) is 5.20. The molecule has 1 fully saturated rings. The summed E-state index contributed by atoms with van der Waals surface area (Å²) in [5.41, 5.74) is 4.46. The van der Waals surface area contributed by atoms with Crippen LogP contribution in [0, 0.1) is 0 Å². The summed E-state index contributed by atoms with van der Waals surface area (Å²) in [7, 11) is -0.556. The summed E-state index contributed by atoms with van der Waals surface area (Å²) in [6.45, 7) is 8.58. The van der Waals surface area contributed by atoms with E-state index in [2.05, 4.69) is 35.7 Å². The number of alkyl carbamates (subject to hydrolysis) is 1. The van der Waals surface area contributed by atoms with E-state index in [1.165, 1.54) is 11.1 Å². The van der Waals surface area contributed by atoms with Gasteiger partial charge in [0.05, 0.1) is 11.2 Å². The van der Waals surface area contributed by atoms with Crippen LogP contribution in [0.1, 0.15) is 49.9 Å². The summed E-state index contributed by atoms with van der Waals surface area (Å²) in [4.78, 5) is 12.4. The smallest absolute Gasteiger partial charge is 0.445 e. The van der Waals surface area contributed by atoms with Crippen molar-refractivity contribution in [3.05, 3.63) is 82.3 Å². The van der Waals surface area contributed by atoms with Gasteiger partial charge in [-0.3, -0.25) is 0 Å². The molecule has 0 saturated carbocycles. The van der Waals surface area contributed by atoms with Crippen LogP contribution < -0.4 is 5.32 Å². The van der Waals surface area contributed by atoms with Gasteiger partial charge < -0.3 is 19.4 Å². The molecule has 1 aliphatic carbocycles. The van der Waals surface area contributed by atoms with Crippen molar-refractivity contribution in [2.24, 2.45) is 0 Å². The van der Waals surface area contributed by atoms with Crippen LogP contribution in [0.15, 0.2) is 60.1 Å². The second kappa shape index (κ2) is 8.97. The minimum atomic E-state index is -0.556. The largest absolute Gasteiger partial charge is 0.492 e. The third kappa shape index (κ3) is 4.82. The zero-order valence-electron chi connectivity index (χ0n) is 19.2. The highest BCUT2D eigenvalue weighted by Crippen LogP contribution is 2.39. The average Bonchev–Trinajstić information content (AvgIpc) is 3.32. The topological polar surface area (TPSA) is 56.8 Å². The lowest BCUT2D eigenvalue weighted by atomic mass is 9.76. The molecule has 32 heavy (non-hydrogen) atoms. The molecule has 2 aromatic rings.